The van der Waals surface area contributed by atoms with Crippen LogP contribution in [-0.2, 0) is 19.4 Å². The fourth-order valence-corrected chi connectivity index (χ4v) is 2.44. The van der Waals surface area contributed by atoms with E-state index in [1.54, 1.807) is 0 Å². The standard InChI is InChI=1S/C12H18N2O3/c1-7(2)5-8-9-6-13-4-3-10(9)14(17)11(8)12(15)16/h7,13,17H,3-6H2,1-2H3,(H,15,16). The molecule has 0 saturated carbocycles. The van der Waals surface area contributed by atoms with Crippen LogP contribution in [0.2, 0.25) is 0 Å². The zero-order valence-electron chi connectivity index (χ0n) is 10.2. The van der Waals surface area contributed by atoms with Gasteiger partial charge >= 0.3 is 5.97 Å². The highest BCUT2D eigenvalue weighted by Gasteiger charge is 2.28. The summed E-state index contributed by atoms with van der Waals surface area (Å²) in [5, 5.41) is 22.4. The van der Waals surface area contributed by atoms with Crippen LogP contribution in [-0.4, -0.2) is 27.6 Å². The van der Waals surface area contributed by atoms with E-state index >= 15 is 0 Å². The van der Waals surface area contributed by atoms with Crippen molar-refractivity contribution in [1.29, 1.82) is 0 Å². The first-order valence-electron chi connectivity index (χ1n) is 5.91. The Balaban J connectivity index is 2.56. The summed E-state index contributed by atoms with van der Waals surface area (Å²) in [5.74, 6) is -0.695. The van der Waals surface area contributed by atoms with E-state index in [1.807, 2.05) is 13.8 Å². The van der Waals surface area contributed by atoms with Gasteiger partial charge in [0.25, 0.3) is 0 Å². The van der Waals surface area contributed by atoms with Crippen molar-refractivity contribution in [1.82, 2.24) is 10.0 Å². The minimum Gasteiger partial charge on any atom is -0.476 e. The molecule has 0 bridgehead atoms. The molecule has 1 aliphatic heterocycles. The van der Waals surface area contributed by atoms with Crippen molar-refractivity contribution in [2.45, 2.75) is 33.2 Å². The average molecular weight is 238 g/mol. The lowest BCUT2D eigenvalue weighted by atomic mass is 9.96. The zero-order valence-corrected chi connectivity index (χ0v) is 10.2. The van der Waals surface area contributed by atoms with Crippen LogP contribution in [0.3, 0.4) is 0 Å². The van der Waals surface area contributed by atoms with Crippen LogP contribution in [0.4, 0.5) is 0 Å². The van der Waals surface area contributed by atoms with Crippen molar-refractivity contribution in [3.63, 3.8) is 0 Å². The van der Waals surface area contributed by atoms with Crippen LogP contribution in [0.5, 0.6) is 0 Å². The molecule has 0 fully saturated rings. The maximum Gasteiger partial charge on any atom is 0.356 e. The minimum absolute atomic E-state index is 0.0346. The van der Waals surface area contributed by atoms with Crippen molar-refractivity contribution in [3.8, 4) is 0 Å². The number of hydrogen-bond acceptors (Lipinski definition) is 3. The first-order chi connectivity index (χ1) is 8.02. The lowest BCUT2D eigenvalue weighted by Crippen LogP contribution is -2.25. The summed E-state index contributed by atoms with van der Waals surface area (Å²) in [6.07, 6.45) is 1.35. The second-order valence-corrected chi connectivity index (χ2v) is 4.89. The normalized spacial score (nSPS) is 15.0. The molecule has 0 atom stereocenters. The lowest BCUT2D eigenvalue weighted by molar-refractivity contribution is 0.0638. The fourth-order valence-electron chi connectivity index (χ4n) is 2.44. The highest BCUT2D eigenvalue weighted by atomic mass is 16.5. The van der Waals surface area contributed by atoms with Gasteiger partial charge in [0.15, 0.2) is 5.69 Å². The summed E-state index contributed by atoms with van der Waals surface area (Å²) in [7, 11) is 0. The number of rotatable bonds is 3. The molecule has 1 aromatic rings. The number of aromatic nitrogens is 1. The second kappa shape index (κ2) is 4.41. The Morgan fingerprint density at radius 1 is 1.53 bits per heavy atom. The summed E-state index contributed by atoms with van der Waals surface area (Å²) in [4.78, 5) is 11.2. The van der Waals surface area contributed by atoms with E-state index in [0.717, 1.165) is 28.1 Å². The molecule has 0 radical (unpaired) electrons. The topological polar surface area (TPSA) is 74.5 Å². The molecule has 0 saturated heterocycles. The maximum atomic E-state index is 11.2. The zero-order chi connectivity index (χ0) is 12.6. The molecule has 5 nitrogen and oxygen atoms in total. The van der Waals surface area contributed by atoms with Gasteiger partial charge in [0.2, 0.25) is 0 Å². The number of carbonyl (C=O) groups is 1. The molecule has 94 valence electrons. The van der Waals surface area contributed by atoms with Crippen molar-refractivity contribution < 1.29 is 15.1 Å². The molecule has 5 heteroatoms. The maximum absolute atomic E-state index is 11.2. The first-order valence-corrected chi connectivity index (χ1v) is 5.91. The Morgan fingerprint density at radius 2 is 2.24 bits per heavy atom. The number of nitrogens with zero attached hydrogens (tertiary/aromatic N) is 1. The van der Waals surface area contributed by atoms with Crippen LogP contribution in [0, 0.1) is 5.92 Å². The first kappa shape index (κ1) is 12.0. The predicted octanol–water partition coefficient (Wildman–Crippen LogP) is 1.27. The van der Waals surface area contributed by atoms with Gasteiger partial charge in [-0.15, -0.1) is 0 Å². The monoisotopic (exact) mass is 238 g/mol. The van der Waals surface area contributed by atoms with Gasteiger partial charge in [0.1, 0.15) is 0 Å². The minimum atomic E-state index is -1.06. The summed E-state index contributed by atoms with van der Waals surface area (Å²) >= 11 is 0. The Bertz CT molecular complexity index is 449. The van der Waals surface area contributed by atoms with Crippen molar-refractivity contribution in [3.05, 3.63) is 22.5 Å². The lowest BCUT2D eigenvalue weighted by Gasteiger charge is -2.15. The SMILES string of the molecule is CC(C)Cc1c2c(n(O)c1C(=O)O)CCNC2. The van der Waals surface area contributed by atoms with E-state index in [1.165, 1.54) is 0 Å². The molecule has 17 heavy (non-hydrogen) atoms. The summed E-state index contributed by atoms with van der Waals surface area (Å²) in [6, 6.07) is 0. The number of carboxylic acids is 1. The third kappa shape index (κ3) is 2.02. The van der Waals surface area contributed by atoms with Gasteiger partial charge in [-0.2, -0.15) is 4.73 Å². The second-order valence-electron chi connectivity index (χ2n) is 4.89. The van der Waals surface area contributed by atoms with E-state index in [4.69, 9.17) is 0 Å². The van der Waals surface area contributed by atoms with E-state index in [-0.39, 0.29) is 5.69 Å². The van der Waals surface area contributed by atoms with Crippen LogP contribution in [0.25, 0.3) is 0 Å². The Labute approximate surface area is 100 Å². The van der Waals surface area contributed by atoms with E-state index in [0.29, 0.717) is 25.3 Å². The molecule has 0 amide bonds. The van der Waals surface area contributed by atoms with Crippen LogP contribution in [0.15, 0.2) is 0 Å². The van der Waals surface area contributed by atoms with Crippen LogP contribution < -0.4 is 5.32 Å². The van der Waals surface area contributed by atoms with Gasteiger partial charge in [-0.25, -0.2) is 4.79 Å². The number of fused-ring (bicyclic) bond motifs is 1. The number of aromatic carboxylic acids is 1. The predicted molar refractivity (Wildman–Crippen MR) is 62.5 cm³/mol. The third-order valence-corrected chi connectivity index (χ3v) is 3.12. The van der Waals surface area contributed by atoms with Gasteiger partial charge in [-0.3, -0.25) is 0 Å². The van der Waals surface area contributed by atoms with E-state index in [2.05, 4.69) is 5.32 Å². The molecule has 2 heterocycles. The smallest absolute Gasteiger partial charge is 0.356 e. The number of carboxylic acid groups (broad SMARTS) is 1. The molecule has 3 N–H and O–H groups in total. The van der Waals surface area contributed by atoms with Crippen LogP contribution in [0.1, 0.15) is 41.2 Å². The fraction of sp³-hybridized carbons (Fsp3) is 0.583. The van der Waals surface area contributed by atoms with Crippen molar-refractivity contribution >= 4 is 5.97 Å². The van der Waals surface area contributed by atoms with Gasteiger partial charge in [0, 0.05) is 19.5 Å². The van der Waals surface area contributed by atoms with Gasteiger partial charge < -0.3 is 15.6 Å². The highest BCUT2D eigenvalue weighted by Crippen LogP contribution is 2.27. The summed E-state index contributed by atoms with van der Waals surface area (Å²) in [6.45, 7) is 5.51. The number of nitrogens with one attached hydrogen (secondary N) is 1. The molecule has 2 rings (SSSR count). The molecule has 1 aromatic heterocycles. The Morgan fingerprint density at radius 3 is 2.82 bits per heavy atom. The quantitative estimate of drug-likeness (QED) is 0.693. The van der Waals surface area contributed by atoms with E-state index < -0.39 is 5.97 Å². The van der Waals surface area contributed by atoms with Crippen LogP contribution >= 0.6 is 0 Å². The largest absolute Gasteiger partial charge is 0.476 e. The molecule has 0 unspecified atom stereocenters. The van der Waals surface area contributed by atoms with Gasteiger partial charge in [-0.1, -0.05) is 13.8 Å². The number of hydrogen-bond donors (Lipinski definition) is 3. The van der Waals surface area contributed by atoms with Gasteiger partial charge in [-0.05, 0) is 23.5 Å². The Kier molecular flexibility index (Phi) is 3.11. The van der Waals surface area contributed by atoms with Gasteiger partial charge in [0.05, 0.1) is 5.69 Å². The van der Waals surface area contributed by atoms with Crippen molar-refractivity contribution in [2.75, 3.05) is 6.54 Å². The van der Waals surface area contributed by atoms with Crippen molar-refractivity contribution in [2.24, 2.45) is 5.92 Å². The summed E-state index contributed by atoms with van der Waals surface area (Å²) in [5.41, 5.74) is 2.52. The Hall–Kier alpha value is -1.49. The molecular formula is C12H18N2O3. The molecular weight excluding hydrogens is 220 g/mol. The summed E-state index contributed by atoms with van der Waals surface area (Å²) < 4.78 is 0.871. The van der Waals surface area contributed by atoms with E-state index in [9.17, 15) is 15.1 Å². The average Bonchev–Trinajstić information content (AvgIpc) is 2.52. The molecule has 1 aliphatic rings. The molecule has 0 aliphatic carbocycles. The third-order valence-electron chi connectivity index (χ3n) is 3.12. The molecule has 0 spiro atoms. The highest BCUT2D eigenvalue weighted by molar-refractivity contribution is 5.88. The molecule has 0 aromatic carbocycles.